The summed E-state index contributed by atoms with van der Waals surface area (Å²) in [5.74, 6) is 0.380. The SMILES string of the molecule is CC(C)(C)c1cc(CC(=O)C(C)(C)S(=O)(=O)C2CCCCCC2)no1. The Labute approximate surface area is 151 Å². The van der Waals surface area contributed by atoms with E-state index in [-0.39, 0.29) is 17.6 Å². The molecule has 2 rings (SSSR count). The highest BCUT2D eigenvalue weighted by molar-refractivity contribution is 7.94. The number of aromatic nitrogens is 1. The lowest BCUT2D eigenvalue weighted by Gasteiger charge is -2.28. The van der Waals surface area contributed by atoms with Crippen LogP contribution in [-0.4, -0.2) is 29.4 Å². The van der Waals surface area contributed by atoms with Gasteiger partial charge < -0.3 is 4.52 Å². The molecule has 0 unspecified atom stereocenters. The van der Waals surface area contributed by atoms with Gasteiger partial charge in [0.1, 0.15) is 10.5 Å². The molecule has 25 heavy (non-hydrogen) atoms. The monoisotopic (exact) mass is 369 g/mol. The van der Waals surface area contributed by atoms with Gasteiger partial charge in [0.05, 0.1) is 17.4 Å². The van der Waals surface area contributed by atoms with Crippen LogP contribution in [0.4, 0.5) is 0 Å². The summed E-state index contributed by atoms with van der Waals surface area (Å²) < 4.78 is 30.1. The van der Waals surface area contributed by atoms with Gasteiger partial charge in [-0.1, -0.05) is 51.6 Å². The smallest absolute Gasteiger partial charge is 0.165 e. The van der Waals surface area contributed by atoms with Crippen molar-refractivity contribution in [3.63, 3.8) is 0 Å². The molecular weight excluding hydrogens is 338 g/mol. The Kier molecular flexibility index (Phi) is 5.81. The van der Waals surface area contributed by atoms with Crippen LogP contribution < -0.4 is 0 Å². The number of ketones is 1. The van der Waals surface area contributed by atoms with Gasteiger partial charge in [-0.2, -0.15) is 0 Å². The minimum Gasteiger partial charge on any atom is -0.361 e. The zero-order valence-electron chi connectivity index (χ0n) is 16.1. The molecule has 0 amide bonds. The van der Waals surface area contributed by atoms with Gasteiger partial charge in [0.2, 0.25) is 0 Å². The first-order valence-electron chi connectivity index (χ1n) is 9.19. The molecule has 0 bridgehead atoms. The number of Topliss-reactive ketones (excluding diaryl/α,β-unsaturated/α-hetero) is 1. The first kappa shape index (κ1) is 20.1. The molecule has 1 aliphatic rings. The van der Waals surface area contributed by atoms with Crippen LogP contribution in [-0.2, 0) is 26.5 Å². The average molecular weight is 370 g/mol. The second kappa shape index (κ2) is 7.22. The molecule has 0 atom stereocenters. The third-order valence-electron chi connectivity index (χ3n) is 5.26. The van der Waals surface area contributed by atoms with Crippen LogP contribution in [0.5, 0.6) is 0 Å². The summed E-state index contributed by atoms with van der Waals surface area (Å²) in [6, 6.07) is 1.76. The number of rotatable bonds is 5. The quantitative estimate of drug-likeness (QED) is 0.733. The van der Waals surface area contributed by atoms with E-state index in [0.717, 1.165) is 25.7 Å². The fraction of sp³-hybridized carbons (Fsp3) is 0.789. The summed E-state index contributed by atoms with van der Waals surface area (Å²) in [7, 11) is -3.53. The largest absolute Gasteiger partial charge is 0.361 e. The average Bonchev–Trinajstić information content (AvgIpc) is 2.80. The molecule has 0 N–H and O–H groups in total. The van der Waals surface area contributed by atoms with Gasteiger partial charge in [0, 0.05) is 11.5 Å². The van der Waals surface area contributed by atoms with Gasteiger partial charge >= 0.3 is 0 Å². The number of hydrogen-bond acceptors (Lipinski definition) is 5. The predicted molar refractivity (Wildman–Crippen MR) is 98.4 cm³/mol. The van der Waals surface area contributed by atoms with Crippen molar-refractivity contribution in [3.8, 4) is 0 Å². The molecule has 1 heterocycles. The Morgan fingerprint density at radius 2 is 1.68 bits per heavy atom. The Bertz CT molecular complexity index is 702. The molecule has 1 aromatic rings. The number of carbonyl (C=O) groups is 1. The molecule has 1 aromatic heterocycles. The highest BCUT2D eigenvalue weighted by atomic mass is 32.2. The minimum atomic E-state index is -3.53. The van der Waals surface area contributed by atoms with Crippen molar-refractivity contribution in [2.75, 3.05) is 0 Å². The topological polar surface area (TPSA) is 77.2 Å². The maximum absolute atomic E-state index is 13.1. The van der Waals surface area contributed by atoms with Gasteiger partial charge in [-0.05, 0) is 26.7 Å². The summed E-state index contributed by atoms with van der Waals surface area (Å²) in [6.45, 7) is 9.08. The second-order valence-electron chi connectivity index (χ2n) is 8.70. The molecule has 1 fully saturated rings. The van der Waals surface area contributed by atoms with Gasteiger partial charge in [-0.3, -0.25) is 4.79 Å². The van der Waals surface area contributed by atoms with Crippen LogP contribution in [0.25, 0.3) is 0 Å². The van der Waals surface area contributed by atoms with Crippen LogP contribution in [0.2, 0.25) is 0 Å². The third-order valence-corrected chi connectivity index (χ3v) is 8.26. The van der Waals surface area contributed by atoms with E-state index < -0.39 is 19.8 Å². The van der Waals surface area contributed by atoms with Crippen LogP contribution in [0.1, 0.15) is 84.6 Å². The molecule has 1 saturated carbocycles. The maximum atomic E-state index is 13.1. The lowest BCUT2D eigenvalue weighted by atomic mass is 9.92. The van der Waals surface area contributed by atoms with E-state index >= 15 is 0 Å². The molecule has 0 spiro atoms. The van der Waals surface area contributed by atoms with Crippen molar-refractivity contribution >= 4 is 15.6 Å². The first-order chi connectivity index (χ1) is 11.5. The lowest BCUT2D eigenvalue weighted by Crippen LogP contribution is -2.46. The fourth-order valence-corrected chi connectivity index (χ4v) is 5.43. The van der Waals surface area contributed by atoms with E-state index in [1.54, 1.807) is 19.9 Å². The molecule has 0 saturated heterocycles. The van der Waals surface area contributed by atoms with Crippen molar-refractivity contribution < 1.29 is 17.7 Å². The highest BCUT2D eigenvalue weighted by Gasteiger charge is 2.45. The molecule has 6 heteroatoms. The number of sulfone groups is 1. The number of hydrogen-bond donors (Lipinski definition) is 0. The van der Waals surface area contributed by atoms with Crippen LogP contribution in [0.15, 0.2) is 10.6 Å². The van der Waals surface area contributed by atoms with Crippen LogP contribution in [0.3, 0.4) is 0 Å². The minimum absolute atomic E-state index is 0.0153. The lowest BCUT2D eigenvalue weighted by molar-refractivity contribution is -0.120. The van der Waals surface area contributed by atoms with E-state index in [2.05, 4.69) is 5.16 Å². The van der Waals surface area contributed by atoms with Crippen molar-refractivity contribution in [3.05, 3.63) is 17.5 Å². The van der Waals surface area contributed by atoms with Crippen LogP contribution >= 0.6 is 0 Å². The van der Waals surface area contributed by atoms with Gasteiger partial charge in [-0.15, -0.1) is 0 Å². The molecule has 0 radical (unpaired) electrons. The molecule has 0 aliphatic heterocycles. The summed E-state index contributed by atoms with van der Waals surface area (Å²) in [4.78, 5) is 12.8. The summed E-state index contributed by atoms with van der Waals surface area (Å²) in [5, 5.41) is 3.55. The normalized spacial score (nSPS) is 18.1. The molecule has 142 valence electrons. The maximum Gasteiger partial charge on any atom is 0.165 e. The highest BCUT2D eigenvalue weighted by Crippen LogP contribution is 2.32. The molecule has 5 nitrogen and oxygen atoms in total. The predicted octanol–water partition coefficient (Wildman–Crippen LogP) is 4.00. The molecular formula is C19H31NO4S. The van der Waals surface area contributed by atoms with E-state index in [1.807, 2.05) is 20.8 Å². The van der Waals surface area contributed by atoms with Crippen molar-refractivity contribution in [2.45, 2.75) is 95.0 Å². The molecule has 0 aromatic carbocycles. The van der Waals surface area contributed by atoms with Crippen molar-refractivity contribution in [2.24, 2.45) is 0 Å². The Morgan fingerprint density at radius 1 is 1.12 bits per heavy atom. The summed E-state index contributed by atoms with van der Waals surface area (Å²) >= 11 is 0. The van der Waals surface area contributed by atoms with Gasteiger partial charge in [0.25, 0.3) is 0 Å². The Balaban J connectivity index is 2.17. The number of nitrogens with zero attached hydrogens (tertiary/aromatic N) is 1. The van der Waals surface area contributed by atoms with Crippen molar-refractivity contribution in [1.29, 1.82) is 0 Å². The molecule has 1 aliphatic carbocycles. The van der Waals surface area contributed by atoms with E-state index in [1.165, 1.54) is 0 Å². The summed E-state index contributed by atoms with van der Waals surface area (Å²) in [5.41, 5.74) is 0.301. The van der Waals surface area contributed by atoms with E-state index in [4.69, 9.17) is 4.52 Å². The van der Waals surface area contributed by atoms with E-state index in [9.17, 15) is 13.2 Å². The zero-order chi connectivity index (χ0) is 18.9. The zero-order valence-corrected chi connectivity index (χ0v) is 16.9. The van der Waals surface area contributed by atoms with Gasteiger partial charge in [0.15, 0.2) is 15.6 Å². The third kappa shape index (κ3) is 4.33. The second-order valence-corrected chi connectivity index (χ2v) is 11.5. The summed E-state index contributed by atoms with van der Waals surface area (Å²) in [6.07, 6.45) is 5.31. The Morgan fingerprint density at radius 3 is 2.16 bits per heavy atom. The van der Waals surface area contributed by atoms with Gasteiger partial charge in [-0.25, -0.2) is 8.42 Å². The van der Waals surface area contributed by atoms with E-state index in [0.29, 0.717) is 24.3 Å². The number of carbonyl (C=O) groups excluding carboxylic acids is 1. The standard InChI is InChI=1S/C19H31NO4S/c1-18(2,3)17-13-14(20-24-17)12-16(21)19(4,5)25(22,23)15-10-8-6-7-9-11-15/h13,15H,6-12H2,1-5H3. The van der Waals surface area contributed by atoms with Crippen LogP contribution in [0, 0.1) is 0 Å². The van der Waals surface area contributed by atoms with Crippen molar-refractivity contribution in [1.82, 2.24) is 5.16 Å². The Hall–Kier alpha value is -1.17. The first-order valence-corrected chi connectivity index (χ1v) is 10.7. The fourth-order valence-electron chi connectivity index (χ4n) is 3.25.